The van der Waals surface area contributed by atoms with E-state index in [2.05, 4.69) is 10.6 Å². The van der Waals surface area contributed by atoms with E-state index in [1.807, 2.05) is 40.7 Å². The van der Waals surface area contributed by atoms with Crippen molar-refractivity contribution < 1.29 is 28.3 Å². The van der Waals surface area contributed by atoms with Crippen molar-refractivity contribution in [1.29, 1.82) is 0 Å². The Kier molecular flexibility index (Phi) is 8.55. The van der Waals surface area contributed by atoms with Crippen LogP contribution in [0, 0.1) is 27.7 Å². The summed E-state index contributed by atoms with van der Waals surface area (Å²) in [6.07, 6.45) is 1.99. The van der Waals surface area contributed by atoms with E-state index in [-0.39, 0.29) is 31.7 Å². The number of amides is 2. The van der Waals surface area contributed by atoms with Gasteiger partial charge in [0.25, 0.3) is 0 Å². The summed E-state index contributed by atoms with van der Waals surface area (Å²) in [7, 11) is 0. The molecule has 1 aromatic carbocycles. The number of carbonyl (C=O) groups excluding carboxylic acids is 2. The Labute approximate surface area is 209 Å². The third-order valence-corrected chi connectivity index (χ3v) is 6.68. The first-order chi connectivity index (χ1) is 17.0. The molecular weight excluding hydrogens is 464 g/mol. The van der Waals surface area contributed by atoms with E-state index >= 15 is 0 Å². The van der Waals surface area contributed by atoms with Crippen LogP contribution >= 0.6 is 0 Å². The van der Waals surface area contributed by atoms with Crippen molar-refractivity contribution in [3.63, 3.8) is 0 Å². The van der Waals surface area contributed by atoms with Crippen molar-refractivity contribution in [3.8, 4) is 0 Å². The molecule has 2 aromatic heterocycles. The van der Waals surface area contributed by atoms with Gasteiger partial charge in [0.1, 0.15) is 23.0 Å². The maximum Gasteiger partial charge on any atom is 0.339 e. The van der Waals surface area contributed by atoms with Crippen molar-refractivity contribution in [2.75, 3.05) is 6.54 Å². The minimum atomic E-state index is -1.01. The Bertz CT molecular complexity index is 1370. The molecule has 1 unspecified atom stereocenters. The Morgan fingerprint density at radius 3 is 2.31 bits per heavy atom. The number of hydrogen-bond acceptors (Lipinski definition) is 6. The number of furan rings is 1. The van der Waals surface area contributed by atoms with Crippen LogP contribution in [-0.2, 0) is 20.8 Å². The summed E-state index contributed by atoms with van der Waals surface area (Å²) in [5, 5.41) is 15.8. The molecule has 2 amide bonds. The third-order valence-electron chi connectivity index (χ3n) is 6.68. The van der Waals surface area contributed by atoms with Gasteiger partial charge in [-0.05, 0) is 57.7 Å². The standard InChI is InChI=1S/C27H34N2O7/c1-6-7-8-21(26(33)28-12-11-23(31)32)29-22(30)10-9-18-15(3)20-13-19-14(2)17(5)35-24(19)16(4)25(20)36-27(18)34/h13,21H,6-12H2,1-5H3,(H,28,33)(H,29,30)(H,31,32). The zero-order valence-electron chi connectivity index (χ0n) is 21.5. The number of aryl methyl sites for hydroxylation is 4. The fraction of sp³-hybridized carbons (Fsp3) is 0.481. The number of unbranched alkanes of at least 4 members (excludes halogenated alkanes) is 1. The van der Waals surface area contributed by atoms with Crippen molar-refractivity contribution >= 4 is 39.7 Å². The van der Waals surface area contributed by atoms with Gasteiger partial charge in [0.15, 0.2) is 0 Å². The molecule has 0 saturated carbocycles. The molecular formula is C27H34N2O7. The fourth-order valence-corrected chi connectivity index (χ4v) is 4.38. The first kappa shape index (κ1) is 27.0. The van der Waals surface area contributed by atoms with E-state index in [9.17, 15) is 19.2 Å². The Morgan fingerprint density at radius 2 is 1.64 bits per heavy atom. The second-order valence-corrected chi connectivity index (χ2v) is 9.23. The van der Waals surface area contributed by atoms with Crippen molar-refractivity contribution in [3.05, 3.63) is 44.5 Å². The molecule has 3 rings (SSSR count). The summed E-state index contributed by atoms with van der Waals surface area (Å²) >= 11 is 0. The number of carboxylic acids is 1. The Hall–Kier alpha value is -3.62. The van der Waals surface area contributed by atoms with Crippen molar-refractivity contribution in [2.45, 2.75) is 79.2 Å². The van der Waals surface area contributed by atoms with Gasteiger partial charge in [-0.1, -0.05) is 19.8 Å². The van der Waals surface area contributed by atoms with Crippen molar-refractivity contribution in [1.82, 2.24) is 10.6 Å². The smallest absolute Gasteiger partial charge is 0.339 e. The number of hydrogen-bond donors (Lipinski definition) is 3. The number of rotatable bonds is 11. The fourth-order valence-electron chi connectivity index (χ4n) is 4.38. The normalized spacial score (nSPS) is 12.1. The summed E-state index contributed by atoms with van der Waals surface area (Å²) < 4.78 is 11.5. The SMILES string of the molecule is CCCCC(NC(=O)CCc1c(C)c2cc3c(C)c(C)oc3c(C)c2oc1=O)C(=O)NCCC(=O)O. The van der Waals surface area contributed by atoms with Crippen LogP contribution < -0.4 is 16.3 Å². The van der Waals surface area contributed by atoms with Gasteiger partial charge in [-0.2, -0.15) is 0 Å². The van der Waals surface area contributed by atoms with Crippen LogP contribution in [0.3, 0.4) is 0 Å². The molecule has 36 heavy (non-hydrogen) atoms. The lowest BCUT2D eigenvalue weighted by molar-refractivity contribution is -0.137. The average molecular weight is 499 g/mol. The van der Waals surface area contributed by atoms with E-state index < -0.39 is 23.5 Å². The molecule has 2 heterocycles. The Balaban J connectivity index is 1.78. The van der Waals surface area contributed by atoms with Crippen LogP contribution in [0.1, 0.15) is 67.0 Å². The van der Waals surface area contributed by atoms with E-state index in [0.29, 0.717) is 23.2 Å². The average Bonchev–Trinajstić information content (AvgIpc) is 3.11. The number of fused-ring (bicyclic) bond motifs is 2. The lowest BCUT2D eigenvalue weighted by atomic mass is 9.98. The molecule has 9 nitrogen and oxygen atoms in total. The number of aliphatic carboxylic acids is 1. The summed E-state index contributed by atoms with van der Waals surface area (Å²) in [5.74, 6) is -0.978. The summed E-state index contributed by atoms with van der Waals surface area (Å²) in [5.41, 5.74) is 3.65. The topological polar surface area (TPSA) is 139 Å². The molecule has 0 aliphatic heterocycles. The van der Waals surface area contributed by atoms with E-state index in [0.717, 1.165) is 46.1 Å². The van der Waals surface area contributed by atoms with Crippen LogP contribution in [0.15, 0.2) is 19.7 Å². The molecule has 0 bridgehead atoms. The van der Waals surface area contributed by atoms with Gasteiger partial charge in [0.05, 0.1) is 6.42 Å². The van der Waals surface area contributed by atoms with Gasteiger partial charge in [-0.3, -0.25) is 14.4 Å². The summed E-state index contributed by atoms with van der Waals surface area (Å²) in [6, 6.07) is 1.21. The molecule has 0 aliphatic carbocycles. The summed E-state index contributed by atoms with van der Waals surface area (Å²) in [4.78, 5) is 48.7. The minimum Gasteiger partial charge on any atom is -0.481 e. The lowest BCUT2D eigenvalue weighted by Gasteiger charge is -2.18. The molecule has 3 N–H and O–H groups in total. The van der Waals surface area contributed by atoms with Crippen molar-refractivity contribution in [2.24, 2.45) is 0 Å². The van der Waals surface area contributed by atoms with E-state index in [4.69, 9.17) is 13.9 Å². The van der Waals surface area contributed by atoms with Crippen LogP contribution in [0.2, 0.25) is 0 Å². The van der Waals surface area contributed by atoms with E-state index in [1.54, 1.807) is 0 Å². The molecule has 0 radical (unpaired) electrons. The highest BCUT2D eigenvalue weighted by atomic mass is 16.4. The van der Waals surface area contributed by atoms with Gasteiger partial charge in [-0.25, -0.2) is 4.79 Å². The molecule has 0 spiro atoms. The molecule has 3 aromatic rings. The first-order valence-electron chi connectivity index (χ1n) is 12.3. The van der Waals surface area contributed by atoms with Crippen LogP contribution in [0.5, 0.6) is 0 Å². The van der Waals surface area contributed by atoms with Crippen LogP contribution in [-0.4, -0.2) is 35.5 Å². The maximum absolute atomic E-state index is 12.8. The number of nitrogens with one attached hydrogen (secondary N) is 2. The largest absolute Gasteiger partial charge is 0.481 e. The molecule has 9 heteroatoms. The highest BCUT2D eigenvalue weighted by Crippen LogP contribution is 2.34. The predicted molar refractivity (Wildman–Crippen MR) is 136 cm³/mol. The number of carboxylic acid groups (broad SMARTS) is 1. The summed E-state index contributed by atoms with van der Waals surface area (Å²) in [6.45, 7) is 9.56. The molecule has 0 saturated heterocycles. The minimum absolute atomic E-state index is 0.00715. The highest BCUT2D eigenvalue weighted by molar-refractivity contribution is 6.00. The zero-order valence-corrected chi connectivity index (χ0v) is 21.5. The van der Waals surface area contributed by atoms with Gasteiger partial charge >= 0.3 is 11.6 Å². The van der Waals surface area contributed by atoms with Gasteiger partial charge in [0.2, 0.25) is 11.8 Å². The van der Waals surface area contributed by atoms with E-state index in [1.165, 1.54) is 0 Å². The van der Waals surface area contributed by atoms with Gasteiger partial charge in [-0.15, -0.1) is 0 Å². The van der Waals surface area contributed by atoms with Crippen LogP contribution in [0.4, 0.5) is 0 Å². The first-order valence-corrected chi connectivity index (χ1v) is 12.3. The van der Waals surface area contributed by atoms with Gasteiger partial charge < -0.3 is 24.6 Å². The number of benzene rings is 1. The second-order valence-electron chi connectivity index (χ2n) is 9.23. The molecule has 1 atom stereocenters. The molecule has 0 aliphatic rings. The molecule has 194 valence electrons. The second kappa shape index (κ2) is 11.4. The lowest BCUT2D eigenvalue weighted by Crippen LogP contribution is -2.47. The predicted octanol–water partition coefficient (Wildman–Crippen LogP) is 3.97. The quantitative estimate of drug-likeness (QED) is 0.340. The Morgan fingerprint density at radius 1 is 0.972 bits per heavy atom. The highest BCUT2D eigenvalue weighted by Gasteiger charge is 2.22. The maximum atomic E-state index is 12.8. The monoisotopic (exact) mass is 498 g/mol. The third kappa shape index (κ3) is 5.78. The van der Waals surface area contributed by atoms with Gasteiger partial charge in [0, 0.05) is 34.9 Å². The molecule has 0 fully saturated rings. The number of carbonyl (C=O) groups is 3. The zero-order chi connectivity index (χ0) is 26.6. The van der Waals surface area contributed by atoms with Crippen LogP contribution in [0.25, 0.3) is 21.9 Å².